The number of hydrogen-bond acceptors (Lipinski definition) is 3. The van der Waals surface area contributed by atoms with Gasteiger partial charge in [0.2, 0.25) is 0 Å². The Balaban J connectivity index is 1.96. The molecule has 0 bridgehead atoms. The van der Waals surface area contributed by atoms with E-state index >= 15 is 0 Å². The Morgan fingerprint density at radius 1 is 1.45 bits per heavy atom. The predicted molar refractivity (Wildman–Crippen MR) is 43.5 cm³/mol. The van der Waals surface area contributed by atoms with Crippen LogP contribution in [0.25, 0.3) is 0 Å². The molecule has 1 heterocycles. The van der Waals surface area contributed by atoms with E-state index in [1.54, 1.807) is 0 Å². The lowest BCUT2D eigenvalue weighted by Crippen LogP contribution is -2.25. The second-order valence-electron chi connectivity index (χ2n) is 2.85. The van der Waals surface area contributed by atoms with Gasteiger partial charge in [-0.15, -0.1) is 0 Å². The quantitative estimate of drug-likeness (QED) is 0.608. The van der Waals surface area contributed by atoms with E-state index in [0.29, 0.717) is 19.3 Å². The van der Waals surface area contributed by atoms with Gasteiger partial charge in [-0.25, -0.2) is 0 Å². The molecular formula is C8H17NO2. The standard InChI is InChI=1S/C8H17NO2/c9-4-6-10-7-8-3-1-2-5-11-8/h8H,1-7,9H2. The first kappa shape index (κ1) is 8.97. The van der Waals surface area contributed by atoms with Crippen LogP contribution in [0.5, 0.6) is 0 Å². The van der Waals surface area contributed by atoms with E-state index in [-0.39, 0.29) is 0 Å². The molecule has 3 nitrogen and oxygen atoms in total. The molecule has 0 radical (unpaired) electrons. The Morgan fingerprint density at radius 2 is 2.36 bits per heavy atom. The number of nitrogens with two attached hydrogens (primary N) is 1. The predicted octanol–water partition coefficient (Wildman–Crippen LogP) is 0.531. The average molecular weight is 159 g/mol. The molecule has 0 aromatic rings. The summed E-state index contributed by atoms with van der Waals surface area (Å²) >= 11 is 0. The lowest BCUT2D eigenvalue weighted by molar-refractivity contribution is -0.0391. The minimum Gasteiger partial charge on any atom is -0.377 e. The topological polar surface area (TPSA) is 44.5 Å². The summed E-state index contributed by atoms with van der Waals surface area (Å²) < 4.78 is 10.7. The molecule has 1 aliphatic rings. The monoisotopic (exact) mass is 159 g/mol. The van der Waals surface area contributed by atoms with Crippen LogP contribution >= 0.6 is 0 Å². The normalized spacial score (nSPS) is 25.4. The first-order chi connectivity index (χ1) is 5.43. The van der Waals surface area contributed by atoms with E-state index in [1.165, 1.54) is 12.8 Å². The van der Waals surface area contributed by atoms with Crippen LogP contribution in [-0.2, 0) is 9.47 Å². The Kier molecular flexibility index (Phi) is 4.50. The molecule has 0 saturated carbocycles. The molecule has 0 aromatic carbocycles. The van der Waals surface area contributed by atoms with E-state index in [4.69, 9.17) is 15.2 Å². The largest absolute Gasteiger partial charge is 0.377 e. The molecule has 1 fully saturated rings. The van der Waals surface area contributed by atoms with Gasteiger partial charge >= 0.3 is 0 Å². The fraction of sp³-hybridized carbons (Fsp3) is 1.00. The maximum Gasteiger partial charge on any atom is 0.0808 e. The molecular weight excluding hydrogens is 142 g/mol. The van der Waals surface area contributed by atoms with Crippen LogP contribution in [0.15, 0.2) is 0 Å². The highest BCUT2D eigenvalue weighted by atomic mass is 16.5. The summed E-state index contributed by atoms with van der Waals surface area (Å²) in [5.74, 6) is 0. The highest BCUT2D eigenvalue weighted by Crippen LogP contribution is 2.12. The molecule has 0 aliphatic carbocycles. The van der Waals surface area contributed by atoms with E-state index in [9.17, 15) is 0 Å². The lowest BCUT2D eigenvalue weighted by Gasteiger charge is -2.22. The molecule has 1 atom stereocenters. The third-order valence-corrected chi connectivity index (χ3v) is 1.84. The van der Waals surface area contributed by atoms with Gasteiger partial charge < -0.3 is 15.2 Å². The zero-order valence-corrected chi connectivity index (χ0v) is 6.92. The zero-order chi connectivity index (χ0) is 7.94. The summed E-state index contributed by atoms with van der Waals surface area (Å²) in [6, 6.07) is 0. The minimum atomic E-state index is 0.329. The Hall–Kier alpha value is -0.120. The van der Waals surface area contributed by atoms with Crippen molar-refractivity contribution in [3.63, 3.8) is 0 Å². The molecule has 3 heteroatoms. The third-order valence-electron chi connectivity index (χ3n) is 1.84. The van der Waals surface area contributed by atoms with Crippen molar-refractivity contribution in [1.82, 2.24) is 0 Å². The van der Waals surface area contributed by atoms with Crippen LogP contribution in [0.2, 0.25) is 0 Å². The van der Waals surface area contributed by atoms with Gasteiger partial charge in [0.1, 0.15) is 0 Å². The second-order valence-corrected chi connectivity index (χ2v) is 2.85. The summed E-state index contributed by atoms with van der Waals surface area (Å²) in [6.07, 6.45) is 3.95. The fourth-order valence-corrected chi connectivity index (χ4v) is 1.24. The van der Waals surface area contributed by atoms with Crippen molar-refractivity contribution in [1.29, 1.82) is 0 Å². The van der Waals surface area contributed by atoms with Crippen molar-refractivity contribution < 1.29 is 9.47 Å². The van der Waals surface area contributed by atoms with Crippen LogP contribution in [-0.4, -0.2) is 32.5 Å². The molecule has 1 aliphatic heterocycles. The van der Waals surface area contributed by atoms with E-state index in [2.05, 4.69) is 0 Å². The first-order valence-corrected chi connectivity index (χ1v) is 4.33. The van der Waals surface area contributed by atoms with E-state index < -0.39 is 0 Å². The molecule has 2 N–H and O–H groups in total. The van der Waals surface area contributed by atoms with E-state index in [1.807, 2.05) is 0 Å². The van der Waals surface area contributed by atoms with Crippen molar-refractivity contribution in [2.75, 3.05) is 26.4 Å². The fourth-order valence-electron chi connectivity index (χ4n) is 1.24. The molecule has 66 valence electrons. The lowest BCUT2D eigenvalue weighted by atomic mass is 10.1. The minimum absolute atomic E-state index is 0.329. The van der Waals surface area contributed by atoms with Gasteiger partial charge in [-0.1, -0.05) is 0 Å². The Morgan fingerprint density at radius 3 is 3.00 bits per heavy atom. The summed E-state index contributed by atoms with van der Waals surface area (Å²) in [5, 5.41) is 0. The van der Waals surface area contributed by atoms with Gasteiger partial charge in [0.15, 0.2) is 0 Å². The van der Waals surface area contributed by atoms with Gasteiger partial charge in [-0.2, -0.15) is 0 Å². The highest BCUT2D eigenvalue weighted by molar-refractivity contribution is 4.62. The molecule has 0 amide bonds. The van der Waals surface area contributed by atoms with Crippen molar-refractivity contribution in [2.24, 2.45) is 5.73 Å². The van der Waals surface area contributed by atoms with Crippen LogP contribution in [0, 0.1) is 0 Å². The van der Waals surface area contributed by atoms with Gasteiger partial charge in [-0.3, -0.25) is 0 Å². The van der Waals surface area contributed by atoms with Crippen molar-refractivity contribution in [2.45, 2.75) is 25.4 Å². The zero-order valence-electron chi connectivity index (χ0n) is 6.92. The molecule has 1 saturated heterocycles. The van der Waals surface area contributed by atoms with Crippen LogP contribution < -0.4 is 5.73 Å². The SMILES string of the molecule is NCCOCC1CCCCO1. The highest BCUT2D eigenvalue weighted by Gasteiger charge is 2.12. The van der Waals surface area contributed by atoms with Crippen LogP contribution in [0.1, 0.15) is 19.3 Å². The van der Waals surface area contributed by atoms with Crippen molar-refractivity contribution >= 4 is 0 Å². The average Bonchev–Trinajstić information content (AvgIpc) is 2.07. The maximum absolute atomic E-state index is 5.46. The van der Waals surface area contributed by atoms with Gasteiger partial charge in [0.05, 0.1) is 19.3 Å². The summed E-state index contributed by atoms with van der Waals surface area (Å²) in [5.41, 5.74) is 5.28. The Bertz CT molecular complexity index is 92.1. The maximum atomic E-state index is 5.46. The van der Waals surface area contributed by atoms with Crippen LogP contribution in [0.3, 0.4) is 0 Å². The van der Waals surface area contributed by atoms with Gasteiger partial charge in [-0.05, 0) is 19.3 Å². The van der Waals surface area contributed by atoms with E-state index in [0.717, 1.165) is 19.6 Å². The smallest absolute Gasteiger partial charge is 0.0808 e. The second kappa shape index (κ2) is 5.52. The summed E-state index contributed by atoms with van der Waals surface area (Å²) in [6.45, 7) is 2.88. The summed E-state index contributed by atoms with van der Waals surface area (Å²) in [7, 11) is 0. The van der Waals surface area contributed by atoms with Crippen molar-refractivity contribution in [3.05, 3.63) is 0 Å². The number of ether oxygens (including phenoxy) is 2. The Labute approximate surface area is 67.9 Å². The molecule has 0 aromatic heterocycles. The molecule has 1 rings (SSSR count). The van der Waals surface area contributed by atoms with Crippen LogP contribution in [0.4, 0.5) is 0 Å². The molecule has 0 spiro atoms. The third kappa shape index (κ3) is 3.70. The van der Waals surface area contributed by atoms with Crippen molar-refractivity contribution in [3.8, 4) is 0 Å². The molecule has 11 heavy (non-hydrogen) atoms. The van der Waals surface area contributed by atoms with Gasteiger partial charge in [0, 0.05) is 13.2 Å². The summed E-state index contributed by atoms with van der Waals surface area (Å²) in [4.78, 5) is 0. The number of rotatable bonds is 4. The molecule has 1 unspecified atom stereocenters. The van der Waals surface area contributed by atoms with Gasteiger partial charge in [0.25, 0.3) is 0 Å². The first-order valence-electron chi connectivity index (χ1n) is 4.33. The number of hydrogen-bond donors (Lipinski definition) is 1.